The summed E-state index contributed by atoms with van der Waals surface area (Å²) in [7, 11) is -3.59. The Hall–Kier alpha value is -1.87. The summed E-state index contributed by atoms with van der Waals surface area (Å²) in [6.07, 6.45) is 1.97. The topological polar surface area (TPSA) is 75.7 Å². The van der Waals surface area contributed by atoms with E-state index >= 15 is 0 Å². The van der Waals surface area contributed by atoms with E-state index in [0.29, 0.717) is 37.6 Å². The van der Waals surface area contributed by atoms with E-state index < -0.39 is 10.0 Å². The SMILES string of the molecule is CSc1ccc(C(=O)Nc2cccc(S(=O)(=O)N3CCOCC3)c2)cc1. The van der Waals surface area contributed by atoms with E-state index in [1.807, 2.05) is 18.4 Å². The fourth-order valence-corrected chi connectivity index (χ4v) is 4.48. The van der Waals surface area contributed by atoms with E-state index in [4.69, 9.17) is 4.74 Å². The van der Waals surface area contributed by atoms with Gasteiger partial charge in [-0.15, -0.1) is 11.8 Å². The van der Waals surface area contributed by atoms with Crippen molar-refractivity contribution in [2.45, 2.75) is 9.79 Å². The zero-order chi connectivity index (χ0) is 18.6. The summed E-state index contributed by atoms with van der Waals surface area (Å²) in [5.74, 6) is -0.279. The number of nitrogens with one attached hydrogen (secondary N) is 1. The summed E-state index contributed by atoms with van der Waals surface area (Å²) >= 11 is 1.60. The highest BCUT2D eigenvalue weighted by atomic mass is 32.2. The van der Waals surface area contributed by atoms with Crippen molar-refractivity contribution in [1.82, 2.24) is 4.31 Å². The van der Waals surface area contributed by atoms with Crippen molar-refractivity contribution >= 4 is 33.4 Å². The van der Waals surface area contributed by atoms with Crippen molar-refractivity contribution in [3.8, 4) is 0 Å². The molecule has 26 heavy (non-hydrogen) atoms. The van der Waals surface area contributed by atoms with Crippen LogP contribution in [0.1, 0.15) is 10.4 Å². The second-order valence-corrected chi connectivity index (χ2v) is 8.54. The zero-order valence-corrected chi connectivity index (χ0v) is 16.0. The minimum absolute atomic E-state index is 0.162. The Bertz CT molecular complexity index is 876. The number of sulfonamides is 1. The Kier molecular flexibility index (Phi) is 5.98. The minimum atomic E-state index is -3.59. The third kappa shape index (κ3) is 4.27. The second-order valence-electron chi connectivity index (χ2n) is 5.73. The van der Waals surface area contributed by atoms with E-state index in [2.05, 4.69) is 5.32 Å². The lowest BCUT2D eigenvalue weighted by Crippen LogP contribution is -2.40. The zero-order valence-electron chi connectivity index (χ0n) is 14.3. The number of amides is 1. The number of morpholine rings is 1. The average molecular weight is 393 g/mol. The average Bonchev–Trinajstić information content (AvgIpc) is 2.69. The molecule has 0 saturated carbocycles. The van der Waals surface area contributed by atoms with Gasteiger partial charge in [0.2, 0.25) is 10.0 Å². The summed E-state index contributed by atoms with van der Waals surface area (Å²) < 4.78 is 32.1. The molecule has 0 radical (unpaired) electrons. The second kappa shape index (κ2) is 8.22. The number of carbonyl (C=O) groups excluding carboxylic acids is 1. The van der Waals surface area contributed by atoms with Crippen LogP contribution in [0.3, 0.4) is 0 Å². The van der Waals surface area contributed by atoms with Gasteiger partial charge in [0.15, 0.2) is 0 Å². The Morgan fingerprint density at radius 2 is 1.81 bits per heavy atom. The number of carbonyl (C=O) groups is 1. The molecule has 1 aliphatic heterocycles. The maximum Gasteiger partial charge on any atom is 0.255 e. The Morgan fingerprint density at radius 1 is 1.12 bits per heavy atom. The number of hydrogen-bond donors (Lipinski definition) is 1. The Balaban J connectivity index is 1.77. The maximum absolute atomic E-state index is 12.7. The number of thioether (sulfide) groups is 1. The van der Waals surface area contributed by atoms with Crippen LogP contribution in [0.5, 0.6) is 0 Å². The number of anilines is 1. The third-order valence-corrected chi connectivity index (χ3v) is 6.69. The van der Waals surface area contributed by atoms with Gasteiger partial charge in [-0.3, -0.25) is 4.79 Å². The molecule has 0 atom stereocenters. The van der Waals surface area contributed by atoms with Gasteiger partial charge in [-0.25, -0.2) is 8.42 Å². The first-order valence-electron chi connectivity index (χ1n) is 8.14. The van der Waals surface area contributed by atoms with Gasteiger partial charge in [0.1, 0.15) is 0 Å². The molecule has 0 aliphatic carbocycles. The lowest BCUT2D eigenvalue weighted by molar-refractivity contribution is 0.0730. The van der Waals surface area contributed by atoms with E-state index in [1.54, 1.807) is 36.0 Å². The molecule has 138 valence electrons. The van der Waals surface area contributed by atoms with Gasteiger partial charge in [-0.05, 0) is 48.7 Å². The normalized spacial score (nSPS) is 15.6. The Morgan fingerprint density at radius 3 is 2.46 bits per heavy atom. The first kappa shape index (κ1) is 18.9. The summed E-state index contributed by atoms with van der Waals surface area (Å²) in [6.45, 7) is 1.45. The van der Waals surface area contributed by atoms with Crippen molar-refractivity contribution in [2.75, 3.05) is 37.9 Å². The van der Waals surface area contributed by atoms with Crippen LogP contribution in [0.25, 0.3) is 0 Å². The van der Waals surface area contributed by atoms with Gasteiger partial charge >= 0.3 is 0 Å². The molecule has 0 spiro atoms. The van der Waals surface area contributed by atoms with Crippen LogP contribution in [0.15, 0.2) is 58.3 Å². The van der Waals surface area contributed by atoms with Crippen LogP contribution in [-0.4, -0.2) is 51.2 Å². The molecule has 0 unspecified atom stereocenters. The molecule has 3 rings (SSSR count). The number of nitrogens with zero attached hydrogens (tertiary/aromatic N) is 1. The molecule has 2 aromatic carbocycles. The predicted molar refractivity (Wildman–Crippen MR) is 102 cm³/mol. The van der Waals surface area contributed by atoms with Gasteiger partial charge in [0, 0.05) is 29.2 Å². The molecule has 0 aromatic heterocycles. The largest absolute Gasteiger partial charge is 0.379 e. The fraction of sp³-hybridized carbons (Fsp3) is 0.278. The van der Waals surface area contributed by atoms with Crippen molar-refractivity contribution in [3.63, 3.8) is 0 Å². The quantitative estimate of drug-likeness (QED) is 0.792. The Labute approximate surface area is 157 Å². The fourth-order valence-electron chi connectivity index (χ4n) is 2.62. The first-order valence-corrected chi connectivity index (χ1v) is 10.8. The van der Waals surface area contributed by atoms with Crippen LogP contribution >= 0.6 is 11.8 Å². The molecule has 1 fully saturated rings. The first-order chi connectivity index (χ1) is 12.5. The van der Waals surface area contributed by atoms with Crippen LogP contribution in [0, 0.1) is 0 Å². The van der Waals surface area contributed by atoms with Gasteiger partial charge in [-0.2, -0.15) is 4.31 Å². The van der Waals surface area contributed by atoms with Gasteiger partial charge in [-0.1, -0.05) is 6.07 Å². The summed E-state index contributed by atoms with van der Waals surface area (Å²) in [6, 6.07) is 13.6. The predicted octanol–water partition coefficient (Wildman–Crippen LogP) is 2.68. The highest BCUT2D eigenvalue weighted by Gasteiger charge is 2.26. The molecule has 1 N–H and O–H groups in total. The summed E-state index contributed by atoms with van der Waals surface area (Å²) in [5, 5.41) is 2.76. The molecule has 0 bridgehead atoms. The van der Waals surface area contributed by atoms with Crippen molar-refractivity contribution in [3.05, 3.63) is 54.1 Å². The van der Waals surface area contributed by atoms with E-state index in [1.165, 1.54) is 16.4 Å². The van der Waals surface area contributed by atoms with E-state index in [0.717, 1.165) is 4.90 Å². The van der Waals surface area contributed by atoms with Gasteiger partial charge < -0.3 is 10.1 Å². The molecule has 1 heterocycles. The summed E-state index contributed by atoms with van der Waals surface area (Å²) in [4.78, 5) is 13.6. The molecule has 1 aliphatic rings. The van der Waals surface area contributed by atoms with Crippen molar-refractivity contribution < 1.29 is 17.9 Å². The van der Waals surface area contributed by atoms with E-state index in [-0.39, 0.29) is 10.8 Å². The van der Waals surface area contributed by atoms with Crippen LogP contribution in [0.4, 0.5) is 5.69 Å². The number of rotatable bonds is 5. The molecular weight excluding hydrogens is 372 g/mol. The molecular formula is C18H20N2O4S2. The monoisotopic (exact) mass is 392 g/mol. The van der Waals surface area contributed by atoms with Crippen LogP contribution in [-0.2, 0) is 14.8 Å². The van der Waals surface area contributed by atoms with Gasteiger partial charge in [0.05, 0.1) is 18.1 Å². The van der Waals surface area contributed by atoms with Crippen molar-refractivity contribution in [2.24, 2.45) is 0 Å². The number of ether oxygens (including phenoxy) is 1. The highest BCUT2D eigenvalue weighted by molar-refractivity contribution is 7.98. The summed E-state index contributed by atoms with van der Waals surface area (Å²) in [5.41, 5.74) is 0.961. The number of hydrogen-bond acceptors (Lipinski definition) is 5. The molecule has 1 amide bonds. The third-order valence-electron chi connectivity index (χ3n) is 4.05. The van der Waals surface area contributed by atoms with Gasteiger partial charge in [0.25, 0.3) is 5.91 Å². The van der Waals surface area contributed by atoms with Crippen LogP contribution in [0.2, 0.25) is 0 Å². The smallest absolute Gasteiger partial charge is 0.255 e. The maximum atomic E-state index is 12.7. The molecule has 2 aromatic rings. The molecule has 6 nitrogen and oxygen atoms in total. The van der Waals surface area contributed by atoms with Crippen LogP contribution < -0.4 is 5.32 Å². The van der Waals surface area contributed by atoms with Crippen molar-refractivity contribution in [1.29, 1.82) is 0 Å². The molecule has 8 heteroatoms. The lowest BCUT2D eigenvalue weighted by atomic mass is 10.2. The lowest BCUT2D eigenvalue weighted by Gasteiger charge is -2.26. The van der Waals surface area contributed by atoms with E-state index in [9.17, 15) is 13.2 Å². The number of benzene rings is 2. The molecule has 1 saturated heterocycles. The highest BCUT2D eigenvalue weighted by Crippen LogP contribution is 2.21. The standard InChI is InChI=1S/C18H20N2O4S2/c1-25-16-7-5-14(6-8-16)18(21)19-15-3-2-4-17(13-15)26(22,23)20-9-11-24-12-10-20/h2-8,13H,9-12H2,1H3,(H,19,21). The minimum Gasteiger partial charge on any atom is -0.379 e.